The maximum Gasteiger partial charge on any atom is 0.200 e. The highest BCUT2D eigenvalue weighted by Crippen LogP contribution is 2.35. The Morgan fingerprint density at radius 2 is 1.61 bits per heavy atom. The molecule has 0 aromatic heterocycles. The van der Waals surface area contributed by atoms with Gasteiger partial charge in [0.2, 0.25) is 5.82 Å². The molecule has 3 nitrogen and oxygen atoms in total. The number of alkyl halides is 1. The van der Waals surface area contributed by atoms with Gasteiger partial charge in [0.25, 0.3) is 0 Å². The summed E-state index contributed by atoms with van der Waals surface area (Å²) in [5, 5.41) is 0. The summed E-state index contributed by atoms with van der Waals surface area (Å²) in [6.07, 6.45) is 2.85. The molecule has 36 heavy (non-hydrogen) atoms. The first-order valence-electron chi connectivity index (χ1n) is 12.8. The lowest BCUT2D eigenvalue weighted by Crippen LogP contribution is -2.25. The Morgan fingerprint density at radius 1 is 0.889 bits per heavy atom. The number of benzene rings is 2. The molecule has 0 spiro atoms. The molecule has 0 N–H and O–H groups in total. The monoisotopic (exact) mass is 512 g/mol. The van der Waals surface area contributed by atoms with E-state index in [-0.39, 0.29) is 34.6 Å². The molecule has 2 aliphatic rings. The van der Waals surface area contributed by atoms with Crippen LogP contribution in [-0.2, 0) is 15.9 Å². The van der Waals surface area contributed by atoms with Crippen LogP contribution >= 0.6 is 0 Å². The molecule has 0 radical (unpaired) electrons. The third-order valence-electron chi connectivity index (χ3n) is 7.15. The van der Waals surface area contributed by atoms with E-state index < -0.39 is 48.2 Å². The van der Waals surface area contributed by atoms with Crippen LogP contribution in [0.15, 0.2) is 24.3 Å². The molecule has 198 valence electrons. The summed E-state index contributed by atoms with van der Waals surface area (Å²) in [6, 6.07) is 5.55. The maximum atomic E-state index is 14.7. The standard InChI is InChI=1S/C28H33F5O3/c1-2-4-21-8-6-19(15-35-21)23-10-11-24(28(33)27(23)32)36-16-20(29)13-17-7-9-22(26(31)25(17)30)18-5-3-12-34-14-18/h7,9-11,18-21H,2-6,8,12-16H2,1H3. The van der Waals surface area contributed by atoms with Crippen LogP contribution in [0.1, 0.15) is 74.0 Å². The zero-order valence-electron chi connectivity index (χ0n) is 20.5. The predicted octanol–water partition coefficient (Wildman–Crippen LogP) is 7.16. The fourth-order valence-corrected chi connectivity index (χ4v) is 5.12. The lowest BCUT2D eigenvalue weighted by molar-refractivity contribution is -0.00185. The van der Waals surface area contributed by atoms with Crippen LogP contribution in [0.2, 0.25) is 0 Å². The molecule has 0 amide bonds. The minimum Gasteiger partial charge on any atom is -0.487 e. The summed E-state index contributed by atoms with van der Waals surface area (Å²) in [5.74, 6) is -5.21. The molecular formula is C28H33F5O3. The summed E-state index contributed by atoms with van der Waals surface area (Å²) in [6.45, 7) is 2.69. The largest absolute Gasteiger partial charge is 0.487 e. The van der Waals surface area contributed by atoms with Gasteiger partial charge in [-0.1, -0.05) is 31.5 Å². The zero-order valence-corrected chi connectivity index (χ0v) is 20.5. The Morgan fingerprint density at radius 3 is 2.28 bits per heavy atom. The lowest BCUT2D eigenvalue weighted by Gasteiger charge is -2.29. The SMILES string of the molecule is CCCC1CCC(c2ccc(OCC(F)Cc3ccc(C4CCCOC4)c(F)c3F)c(F)c2F)CO1. The average molecular weight is 513 g/mol. The summed E-state index contributed by atoms with van der Waals surface area (Å²) < 4.78 is 89.5. The van der Waals surface area contributed by atoms with E-state index in [0.29, 0.717) is 32.7 Å². The Balaban J connectivity index is 1.34. The summed E-state index contributed by atoms with van der Waals surface area (Å²) in [7, 11) is 0. The minimum atomic E-state index is -1.74. The summed E-state index contributed by atoms with van der Waals surface area (Å²) in [5.41, 5.74) is 0.307. The van der Waals surface area contributed by atoms with Crippen molar-refractivity contribution >= 4 is 0 Å². The van der Waals surface area contributed by atoms with Gasteiger partial charge in [-0.15, -0.1) is 0 Å². The molecule has 2 aromatic carbocycles. The van der Waals surface area contributed by atoms with E-state index in [1.165, 1.54) is 24.3 Å². The number of ether oxygens (including phenoxy) is 3. The van der Waals surface area contributed by atoms with Crippen LogP contribution in [0.5, 0.6) is 5.75 Å². The lowest BCUT2D eigenvalue weighted by atomic mass is 9.90. The Hall–Kier alpha value is -2.19. The Labute approximate surface area is 208 Å². The molecule has 0 saturated carbocycles. The van der Waals surface area contributed by atoms with Gasteiger partial charge in [0.05, 0.1) is 19.3 Å². The van der Waals surface area contributed by atoms with Gasteiger partial charge in [-0.3, -0.25) is 0 Å². The molecule has 4 rings (SSSR count). The summed E-state index contributed by atoms with van der Waals surface area (Å²) in [4.78, 5) is 0. The maximum absolute atomic E-state index is 14.7. The van der Waals surface area contributed by atoms with Gasteiger partial charge in [-0.25, -0.2) is 17.6 Å². The van der Waals surface area contributed by atoms with Crippen molar-refractivity contribution < 1.29 is 36.2 Å². The van der Waals surface area contributed by atoms with Crippen LogP contribution in [0.25, 0.3) is 0 Å². The third-order valence-corrected chi connectivity index (χ3v) is 7.15. The van der Waals surface area contributed by atoms with Gasteiger partial charge in [0.15, 0.2) is 23.2 Å². The zero-order chi connectivity index (χ0) is 25.7. The van der Waals surface area contributed by atoms with E-state index in [2.05, 4.69) is 6.92 Å². The highest BCUT2D eigenvalue weighted by Gasteiger charge is 2.28. The van der Waals surface area contributed by atoms with Gasteiger partial charge in [0, 0.05) is 24.9 Å². The van der Waals surface area contributed by atoms with Gasteiger partial charge >= 0.3 is 0 Å². The van der Waals surface area contributed by atoms with Crippen molar-refractivity contribution in [2.75, 3.05) is 26.4 Å². The topological polar surface area (TPSA) is 27.7 Å². The second kappa shape index (κ2) is 12.4. The van der Waals surface area contributed by atoms with Crippen molar-refractivity contribution in [2.24, 2.45) is 0 Å². The predicted molar refractivity (Wildman–Crippen MR) is 126 cm³/mol. The van der Waals surface area contributed by atoms with Crippen molar-refractivity contribution in [2.45, 2.75) is 76.0 Å². The van der Waals surface area contributed by atoms with Crippen molar-refractivity contribution in [3.8, 4) is 5.75 Å². The third kappa shape index (κ3) is 6.20. The van der Waals surface area contributed by atoms with E-state index in [4.69, 9.17) is 14.2 Å². The van der Waals surface area contributed by atoms with Crippen molar-refractivity contribution in [3.05, 3.63) is 64.2 Å². The van der Waals surface area contributed by atoms with Gasteiger partial charge < -0.3 is 14.2 Å². The second-order valence-electron chi connectivity index (χ2n) is 9.77. The smallest absolute Gasteiger partial charge is 0.200 e. The van der Waals surface area contributed by atoms with E-state index in [1.807, 2.05) is 0 Å². The fourth-order valence-electron chi connectivity index (χ4n) is 5.12. The number of hydrogen-bond acceptors (Lipinski definition) is 3. The van der Waals surface area contributed by atoms with Crippen molar-refractivity contribution in [1.82, 2.24) is 0 Å². The molecule has 0 aliphatic carbocycles. The van der Waals surface area contributed by atoms with E-state index >= 15 is 0 Å². The molecule has 2 aromatic rings. The molecule has 2 fully saturated rings. The minimum absolute atomic E-state index is 0.134. The molecule has 4 unspecified atom stereocenters. The van der Waals surface area contributed by atoms with Crippen LogP contribution in [-0.4, -0.2) is 38.7 Å². The molecule has 4 atom stereocenters. The van der Waals surface area contributed by atoms with Gasteiger partial charge in [-0.2, -0.15) is 4.39 Å². The average Bonchev–Trinajstić information content (AvgIpc) is 2.89. The van der Waals surface area contributed by atoms with Crippen molar-refractivity contribution in [3.63, 3.8) is 0 Å². The van der Waals surface area contributed by atoms with Crippen molar-refractivity contribution in [1.29, 1.82) is 0 Å². The normalized spacial score (nSPS) is 23.4. The molecule has 0 bridgehead atoms. The first-order chi connectivity index (χ1) is 17.4. The molecular weight excluding hydrogens is 479 g/mol. The van der Waals surface area contributed by atoms with Crippen LogP contribution < -0.4 is 4.74 Å². The van der Waals surface area contributed by atoms with E-state index in [1.54, 1.807) is 0 Å². The molecule has 8 heteroatoms. The first-order valence-corrected chi connectivity index (χ1v) is 12.8. The van der Waals surface area contributed by atoms with E-state index in [0.717, 1.165) is 25.7 Å². The Kier molecular flexibility index (Phi) is 9.23. The highest BCUT2D eigenvalue weighted by atomic mass is 19.2. The van der Waals surface area contributed by atoms with Gasteiger partial charge in [-0.05, 0) is 54.9 Å². The molecule has 2 aliphatic heterocycles. The summed E-state index contributed by atoms with van der Waals surface area (Å²) >= 11 is 0. The molecule has 2 heterocycles. The second-order valence-corrected chi connectivity index (χ2v) is 9.77. The highest BCUT2D eigenvalue weighted by molar-refractivity contribution is 5.34. The van der Waals surface area contributed by atoms with E-state index in [9.17, 15) is 22.0 Å². The number of halogens is 5. The molecule has 2 saturated heterocycles. The number of hydrogen-bond donors (Lipinski definition) is 0. The first kappa shape index (κ1) is 26.9. The number of rotatable bonds is 9. The van der Waals surface area contributed by atoms with Crippen LogP contribution in [0.4, 0.5) is 22.0 Å². The fraction of sp³-hybridized carbons (Fsp3) is 0.571. The quantitative estimate of drug-likeness (QED) is 0.334. The van der Waals surface area contributed by atoms with Crippen LogP contribution in [0.3, 0.4) is 0 Å². The van der Waals surface area contributed by atoms with Crippen LogP contribution in [0, 0.1) is 23.3 Å². The van der Waals surface area contributed by atoms with Gasteiger partial charge in [0.1, 0.15) is 12.8 Å². The Bertz CT molecular complexity index is 1020.